The lowest BCUT2D eigenvalue weighted by Crippen LogP contribution is -2.37. The van der Waals surface area contributed by atoms with Crippen molar-refractivity contribution in [2.24, 2.45) is 14.1 Å². The Hall–Kier alpha value is -3.31. The Bertz CT molecular complexity index is 1360. The third-order valence-corrected chi connectivity index (χ3v) is 6.24. The lowest BCUT2D eigenvalue weighted by Gasteiger charge is -2.12. The van der Waals surface area contributed by atoms with Gasteiger partial charge in [-0.15, -0.1) is 0 Å². The summed E-state index contributed by atoms with van der Waals surface area (Å²) in [7, 11) is 1.95. The molecule has 152 valence electrons. The number of hydrogen-bond acceptors (Lipinski definition) is 6. The Morgan fingerprint density at radius 2 is 1.79 bits per heavy atom. The highest BCUT2D eigenvalue weighted by Gasteiger charge is 2.19. The molecule has 0 aliphatic rings. The molecule has 0 saturated heterocycles. The van der Waals surface area contributed by atoms with Gasteiger partial charge in [-0.2, -0.15) is 0 Å². The number of benzene rings is 1. The zero-order chi connectivity index (χ0) is 21.5. The summed E-state index contributed by atoms with van der Waals surface area (Å²) in [6, 6.07) is 7.02. The van der Waals surface area contributed by atoms with Crippen molar-refractivity contribution in [2.75, 3.05) is 19.4 Å². The second kappa shape index (κ2) is 7.26. The fraction of sp³-hybridized carbons (Fsp3) is 0.222. The van der Waals surface area contributed by atoms with Crippen molar-refractivity contribution in [1.29, 1.82) is 0 Å². The van der Waals surface area contributed by atoms with E-state index in [2.05, 4.69) is 10.3 Å². The van der Waals surface area contributed by atoms with Gasteiger partial charge in [-0.1, -0.05) is 6.07 Å². The second-order valence-corrected chi connectivity index (χ2v) is 8.72. The van der Waals surface area contributed by atoms with E-state index in [1.807, 2.05) is 0 Å². The van der Waals surface area contributed by atoms with E-state index in [4.69, 9.17) is 0 Å². The van der Waals surface area contributed by atoms with Crippen molar-refractivity contribution in [3.05, 3.63) is 62.9 Å². The Morgan fingerprint density at radius 1 is 1.10 bits per heavy atom. The first-order valence-corrected chi connectivity index (χ1v) is 9.87. The minimum Gasteiger partial charge on any atom is -0.321 e. The number of hydrogen-bond donors (Lipinski definition) is 1. The molecule has 0 radical (unpaired) electrons. The number of nitrogens with zero attached hydrogens (tertiary/aromatic N) is 4. The maximum Gasteiger partial charge on any atom is 0.332 e. The van der Waals surface area contributed by atoms with Crippen LogP contribution in [-0.4, -0.2) is 46.8 Å². The molecule has 2 heterocycles. The molecule has 11 heteroatoms. The zero-order valence-corrected chi connectivity index (χ0v) is 17.0. The Balaban J connectivity index is 1.99. The molecule has 0 fully saturated rings. The summed E-state index contributed by atoms with van der Waals surface area (Å²) in [5.41, 5.74) is -0.493. The number of sulfonamides is 1. The molecule has 0 unspecified atom stereocenters. The van der Waals surface area contributed by atoms with Crippen LogP contribution in [0.4, 0.5) is 5.69 Å². The van der Waals surface area contributed by atoms with Crippen molar-refractivity contribution in [2.45, 2.75) is 4.90 Å². The van der Waals surface area contributed by atoms with Crippen LogP contribution >= 0.6 is 0 Å². The standard InChI is InChI=1S/C18H19N5O5S/c1-21(2)29(27,28)13-7-5-6-11(8-13)16(24)20-12-9-14-15(19-10-12)22(3)18(26)23(4)17(14)25/h5-10H,1-4H3,(H,20,24). The van der Waals surface area contributed by atoms with Gasteiger partial charge in [-0.25, -0.2) is 22.5 Å². The fourth-order valence-electron chi connectivity index (χ4n) is 2.75. The molecular formula is C18H19N5O5S. The minimum atomic E-state index is -3.69. The number of nitrogens with one attached hydrogen (secondary N) is 1. The molecule has 29 heavy (non-hydrogen) atoms. The first-order chi connectivity index (χ1) is 13.5. The largest absolute Gasteiger partial charge is 0.332 e. The van der Waals surface area contributed by atoms with Gasteiger partial charge in [0.2, 0.25) is 10.0 Å². The summed E-state index contributed by atoms with van der Waals surface area (Å²) in [4.78, 5) is 41.0. The summed E-state index contributed by atoms with van der Waals surface area (Å²) >= 11 is 0. The van der Waals surface area contributed by atoms with E-state index in [9.17, 15) is 22.8 Å². The van der Waals surface area contributed by atoms with Crippen LogP contribution in [0, 0.1) is 0 Å². The predicted octanol–water partition coefficient (Wildman–Crippen LogP) is 0.135. The van der Waals surface area contributed by atoms with E-state index < -0.39 is 27.2 Å². The number of aryl methyl sites for hydroxylation is 1. The number of carbonyl (C=O) groups excluding carboxylic acids is 1. The van der Waals surface area contributed by atoms with Gasteiger partial charge < -0.3 is 5.32 Å². The summed E-state index contributed by atoms with van der Waals surface area (Å²) in [6.07, 6.45) is 1.32. The number of carbonyl (C=O) groups is 1. The van der Waals surface area contributed by atoms with Crippen molar-refractivity contribution in [3.63, 3.8) is 0 Å². The molecule has 0 bridgehead atoms. The topological polar surface area (TPSA) is 123 Å². The minimum absolute atomic E-state index is 0.0179. The van der Waals surface area contributed by atoms with Gasteiger partial charge in [-0.3, -0.25) is 18.7 Å². The molecule has 0 spiro atoms. The highest BCUT2D eigenvalue weighted by Crippen LogP contribution is 2.17. The number of rotatable bonds is 4. The Morgan fingerprint density at radius 3 is 2.45 bits per heavy atom. The number of amides is 1. The van der Waals surface area contributed by atoms with Crippen LogP contribution in [0.25, 0.3) is 11.0 Å². The summed E-state index contributed by atoms with van der Waals surface area (Å²) in [6.45, 7) is 0. The lowest BCUT2D eigenvalue weighted by atomic mass is 10.2. The maximum absolute atomic E-state index is 12.6. The highest BCUT2D eigenvalue weighted by atomic mass is 32.2. The molecule has 3 aromatic rings. The molecule has 10 nitrogen and oxygen atoms in total. The van der Waals surface area contributed by atoms with E-state index in [0.717, 1.165) is 8.87 Å². The zero-order valence-electron chi connectivity index (χ0n) is 16.2. The van der Waals surface area contributed by atoms with Gasteiger partial charge >= 0.3 is 5.69 Å². The van der Waals surface area contributed by atoms with Crippen LogP contribution < -0.4 is 16.6 Å². The molecule has 0 aliphatic carbocycles. The van der Waals surface area contributed by atoms with Gasteiger partial charge in [0.15, 0.2) is 0 Å². The quantitative estimate of drug-likeness (QED) is 0.644. The maximum atomic E-state index is 12.6. The summed E-state index contributed by atoms with van der Waals surface area (Å²) in [5, 5.41) is 2.76. The second-order valence-electron chi connectivity index (χ2n) is 6.57. The normalized spacial score (nSPS) is 11.8. The van der Waals surface area contributed by atoms with Crippen LogP contribution in [0.3, 0.4) is 0 Å². The average Bonchev–Trinajstić information content (AvgIpc) is 2.70. The number of aromatic nitrogens is 3. The van der Waals surface area contributed by atoms with E-state index in [0.29, 0.717) is 0 Å². The first-order valence-electron chi connectivity index (χ1n) is 8.43. The van der Waals surface area contributed by atoms with Crippen molar-refractivity contribution in [3.8, 4) is 0 Å². The van der Waals surface area contributed by atoms with E-state index in [1.54, 1.807) is 0 Å². The molecular weight excluding hydrogens is 398 g/mol. The molecule has 0 saturated carbocycles. The Labute approximate surface area is 166 Å². The SMILES string of the molecule is CN(C)S(=O)(=O)c1cccc(C(=O)Nc2cnc3c(c2)c(=O)n(C)c(=O)n3C)c1. The molecule has 0 aliphatic heterocycles. The van der Waals surface area contributed by atoms with Crippen LogP contribution in [0.5, 0.6) is 0 Å². The number of anilines is 1. The third-order valence-electron chi connectivity index (χ3n) is 4.43. The predicted molar refractivity (Wildman–Crippen MR) is 107 cm³/mol. The van der Waals surface area contributed by atoms with E-state index >= 15 is 0 Å². The Kier molecular flexibility index (Phi) is 5.11. The van der Waals surface area contributed by atoms with Gasteiger partial charge in [0.25, 0.3) is 11.5 Å². The fourth-order valence-corrected chi connectivity index (χ4v) is 3.69. The first kappa shape index (κ1) is 20.4. The van der Waals surface area contributed by atoms with E-state index in [-0.39, 0.29) is 27.2 Å². The van der Waals surface area contributed by atoms with Gasteiger partial charge in [0, 0.05) is 33.8 Å². The van der Waals surface area contributed by atoms with Crippen LogP contribution in [0.1, 0.15) is 10.4 Å². The smallest absolute Gasteiger partial charge is 0.321 e. The monoisotopic (exact) mass is 417 g/mol. The lowest BCUT2D eigenvalue weighted by molar-refractivity contribution is 0.102. The molecule has 1 amide bonds. The van der Waals surface area contributed by atoms with Gasteiger partial charge in [-0.05, 0) is 24.3 Å². The summed E-state index contributed by atoms with van der Waals surface area (Å²) in [5.74, 6) is -0.566. The molecule has 1 aromatic carbocycles. The van der Waals surface area contributed by atoms with Crippen molar-refractivity contribution >= 4 is 32.7 Å². The summed E-state index contributed by atoms with van der Waals surface area (Å²) < 4.78 is 27.8. The third kappa shape index (κ3) is 3.57. The van der Waals surface area contributed by atoms with Crippen molar-refractivity contribution < 1.29 is 13.2 Å². The molecule has 0 atom stereocenters. The molecule has 3 rings (SSSR count). The number of pyridine rings is 1. The van der Waals surface area contributed by atoms with Crippen LogP contribution in [0.15, 0.2) is 51.0 Å². The number of fused-ring (bicyclic) bond motifs is 1. The van der Waals surface area contributed by atoms with Crippen LogP contribution in [0.2, 0.25) is 0 Å². The molecule has 2 aromatic heterocycles. The average molecular weight is 417 g/mol. The highest BCUT2D eigenvalue weighted by molar-refractivity contribution is 7.89. The van der Waals surface area contributed by atoms with Gasteiger partial charge in [0.1, 0.15) is 5.65 Å². The van der Waals surface area contributed by atoms with Crippen LogP contribution in [-0.2, 0) is 24.1 Å². The van der Waals surface area contributed by atoms with Gasteiger partial charge in [0.05, 0.1) is 22.2 Å². The van der Waals surface area contributed by atoms with Crippen molar-refractivity contribution in [1.82, 2.24) is 18.4 Å². The molecule has 1 N–H and O–H groups in total. The van der Waals surface area contributed by atoms with E-state index in [1.165, 1.54) is 69.3 Å².